The highest BCUT2D eigenvalue weighted by Crippen LogP contribution is 2.43. The third kappa shape index (κ3) is 53.0. The summed E-state index contributed by atoms with van der Waals surface area (Å²) in [4.78, 5) is 76.1. The number of hydrogen-bond donors (Lipinski definition) is 3. The summed E-state index contributed by atoms with van der Waals surface area (Å²) in [5.41, 5.74) is 3.36. The number of carbonyl (C=O) groups excluding carboxylic acids is 5. The van der Waals surface area contributed by atoms with Gasteiger partial charge in [0.2, 0.25) is 17.7 Å². The predicted molar refractivity (Wildman–Crippen MR) is 398 cm³/mol. The van der Waals surface area contributed by atoms with Crippen LogP contribution in [0.5, 0.6) is 0 Å². The molecule has 1 heterocycles. The monoisotopic (exact) mass is 1460 g/mol. The van der Waals surface area contributed by atoms with E-state index in [1.807, 2.05) is 48.5 Å². The summed E-state index contributed by atoms with van der Waals surface area (Å²) < 4.78 is 78.5. The molecule has 0 saturated heterocycles. The number of nitrogens with zero attached hydrogens (tertiary/aromatic N) is 1. The van der Waals surface area contributed by atoms with E-state index in [-0.39, 0.29) is 82.8 Å². The Morgan fingerprint density at radius 2 is 0.784 bits per heavy atom. The number of fused-ring (bicyclic) bond motifs is 2. The second-order valence-corrected chi connectivity index (χ2v) is 27.5. The molecule has 2 aromatic rings. The lowest BCUT2D eigenvalue weighted by Crippen LogP contribution is -2.34. The van der Waals surface area contributed by atoms with E-state index < -0.39 is 32.5 Å². The number of phosphoric ester groups is 1. The third-order valence-electron chi connectivity index (χ3n) is 17.2. The Morgan fingerprint density at radius 1 is 0.412 bits per heavy atom. The summed E-state index contributed by atoms with van der Waals surface area (Å²) in [7, 11) is -4.63. The Bertz CT molecular complexity index is 2530. The van der Waals surface area contributed by atoms with Crippen molar-refractivity contribution in [1.82, 2.24) is 10.6 Å². The van der Waals surface area contributed by atoms with Crippen LogP contribution in [0.1, 0.15) is 255 Å². The zero-order chi connectivity index (χ0) is 73.1. The van der Waals surface area contributed by atoms with Crippen molar-refractivity contribution in [2.45, 2.75) is 251 Å². The summed E-state index contributed by atoms with van der Waals surface area (Å²) in [5.74, 6) is 4.78. The van der Waals surface area contributed by atoms with Crippen LogP contribution in [-0.2, 0) is 91.5 Å². The molecule has 3 rings (SSSR count). The first-order valence-electron chi connectivity index (χ1n) is 39.1. The Morgan fingerprint density at radius 3 is 1.25 bits per heavy atom. The molecule has 1 unspecified atom stereocenters. The number of rotatable bonds is 72. The number of para-hydroxylation sites is 1. The minimum Gasteiger partial charge on any atom is -0.462 e. The number of nitrogens with one attached hydrogen (secondary N) is 2. The van der Waals surface area contributed by atoms with Gasteiger partial charge in [0.05, 0.1) is 131 Å². The maximum atomic E-state index is 13.4. The fraction of sp³-hybridized carbons (Fsp3) is 0.759. The summed E-state index contributed by atoms with van der Waals surface area (Å²) >= 11 is 0. The molecule has 22 nitrogen and oxygen atoms in total. The molecule has 0 fully saturated rings. The van der Waals surface area contributed by atoms with Crippen molar-refractivity contribution in [2.24, 2.45) is 0 Å². The molecule has 2 atom stereocenters. The number of amides is 3. The van der Waals surface area contributed by atoms with Crippen molar-refractivity contribution in [1.29, 1.82) is 0 Å². The first kappa shape index (κ1) is 91.3. The largest absolute Gasteiger partial charge is 0.472 e. The van der Waals surface area contributed by atoms with Crippen LogP contribution in [0.25, 0.3) is 0 Å². The number of carbonyl (C=O) groups is 5. The molecule has 23 heteroatoms. The fourth-order valence-electron chi connectivity index (χ4n) is 11.3. The number of anilines is 1. The van der Waals surface area contributed by atoms with E-state index in [0.717, 1.165) is 60.9 Å². The first-order valence-corrected chi connectivity index (χ1v) is 40.6. The molecule has 0 aromatic heterocycles. The maximum Gasteiger partial charge on any atom is 0.472 e. The van der Waals surface area contributed by atoms with Gasteiger partial charge in [0.25, 0.3) is 0 Å². The van der Waals surface area contributed by atoms with E-state index in [9.17, 15) is 33.4 Å². The second kappa shape index (κ2) is 65.6. The molecule has 0 radical (unpaired) electrons. The fourth-order valence-corrected chi connectivity index (χ4v) is 12.0. The number of benzene rings is 2. The molecular weight excluding hydrogens is 1330 g/mol. The van der Waals surface area contributed by atoms with Crippen molar-refractivity contribution < 1.29 is 89.8 Å². The number of unbranched alkanes of at least 4 members (excludes halogenated alkanes) is 28. The van der Waals surface area contributed by atoms with E-state index in [1.165, 1.54) is 141 Å². The molecular formula is C79H132N3O19P. The molecule has 1 aliphatic rings. The van der Waals surface area contributed by atoms with Crippen molar-refractivity contribution in [3.05, 3.63) is 65.2 Å². The molecule has 0 saturated carbocycles. The maximum absolute atomic E-state index is 13.4. The van der Waals surface area contributed by atoms with Crippen LogP contribution >= 0.6 is 7.82 Å². The minimum absolute atomic E-state index is 0.0556. The summed E-state index contributed by atoms with van der Waals surface area (Å²) in [6.07, 6.45) is 35.9. The van der Waals surface area contributed by atoms with Gasteiger partial charge in [-0.15, -0.1) is 0 Å². The average molecular weight is 1460 g/mol. The highest BCUT2D eigenvalue weighted by atomic mass is 31.2. The van der Waals surface area contributed by atoms with E-state index in [0.29, 0.717) is 118 Å². The van der Waals surface area contributed by atoms with Crippen molar-refractivity contribution in [3.63, 3.8) is 0 Å². The molecule has 2 aromatic carbocycles. The van der Waals surface area contributed by atoms with Gasteiger partial charge in [0, 0.05) is 56.3 Å². The zero-order valence-corrected chi connectivity index (χ0v) is 63.6. The van der Waals surface area contributed by atoms with Gasteiger partial charge in [-0.1, -0.05) is 236 Å². The lowest BCUT2D eigenvalue weighted by molar-refractivity contribution is -0.161. The van der Waals surface area contributed by atoms with Crippen molar-refractivity contribution in [3.8, 4) is 11.8 Å². The Hall–Kier alpha value is -4.86. The van der Waals surface area contributed by atoms with Crippen molar-refractivity contribution in [2.75, 3.05) is 144 Å². The van der Waals surface area contributed by atoms with Gasteiger partial charge in [-0.25, -0.2) is 4.57 Å². The van der Waals surface area contributed by atoms with Crippen LogP contribution in [0.15, 0.2) is 48.5 Å². The molecule has 582 valence electrons. The third-order valence-corrected chi connectivity index (χ3v) is 18.2. The first-order chi connectivity index (χ1) is 50.0. The zero-order valence-electron chi connectivity index (χ0n) is 62.7. The SMILES string of the molecule is CCCCCCCCCCCCCCCCCC(=O)OC[C@H](COP(=O)(O)OCCNC(=O)CCOCCOCCOCCOCCOCCOCCOCCOCCNC(=O)CCC(=O)N1Cc2ccccc2C#Cc2ccccc21)OC(=O)CCCCCCCCCCCCCCCCC. The van der Waals surface area contributed by atoms with Crippen LogP contribution in [0, 0.1) is 11.8 Å². The molecule has 3 amide bonds. The molecule has 1 aliphatic heterocycles. The molecule has 0 aliphatic carbocycles. The Labute approximate surface area is 612 Å². The molecule has 0 spiro atoms. The number of ether oxygens (including phenoxy) is 10. The number of hydrogen-bond acceptors (Lipinski definition) is 18. The van der Waals surface area contributed by atoms with Crippen molar-refractivity contribution >= 4 is 43.2 Å². The van der Waals surface area contributed by atoms with Gasteiger partial charge in [0.15, 0.2) is 6.10 Å². The van der Waals surface area contributed by atoms with Gasteiger partial charge in [0.1, 0.15) is 6.61 Å². The Kier molecular flexibility index (Phi) is 58.8. The van der Waals surface area contributed by atoms with E-state index >= 15 is 0 Å². The lowest BCUT2D eigenvalue weighted by atomic mass is 10.0. The van der Waals surface area contributed by atoms with Crippen LogP contribution in [0.3, 0.4) is 0 Å². The topological polar surface area (TPSA) is 261 Å². The van der Waals surface area contributed by atoms with Crippen LogP contribution in [0.2, 0.25) is 0 Å². The lowest BCUT2D eigenvalue weighted by Gasteiger charge is -2.26. The predicted octanol–water partition coefficient (Wildman–Crippen LogP) is 14.6. The Balaban J connectivity index is 1.10. The highest BCUT2D eigenvalue weighted by Gasteiger charge is 2.27. The quantitative estimate of drug-likeness (QED) is 0.0241. The van der Waals surface area contributed by atoms with Crippen LogP contribution in [0.4, 0.5) is 5.69 Å². The molecule has 102 heavy (non-hydrogen) atoms. The van der Waals surface area contributed by atoms with E-state index in [2.05, 4.69) is 36.3 Å². The van der Waals surface area contributed by atoms with Crippen LogP contribution in [-0.4, -0.2) is 179 Å². The van der Waals surface area contributed by atoms with Gasteiger partial charge in [-0.2, -0.15) is 0 Å². The summed E-state index contributed by atoms with van der Waals surface area (Å²) in [5, 5.41) is 5.43. The normalized spacial score (nSPS) is 12.7. The molecule has 3 N–H and O–H groups in total. The number of phosphoric acid groups is 1. The second-order valence-electron chi connectivity index (χ2n) is 26.0. The number of esters is 2. The minimum atomic E-state index is -4.63. The van der Waals surface area contributed by atoms with Crippen LogP contribution < -0.4 is 15.5 Å². The average Bonchev–Trinajstić information content (AvgIpc) is 0.807. The van der Waals surface area contributed by atoms with Gasteiger partial charge in [-0.3, -0.25) is 33.0 Å². The highest BCUT2D eigenvalue weighted by molar-refractivity contribution is 7.47. The van der Waals surface area contributed by atoms with Gasteiger partial charge >= 0.3 is 19.8 Å². The molecule has 0 bridgehead atoms. The standard InChI is InChI=1S/C79H132N3O19P/c1-3-5-7-9-11-13-15-17-19-21-23-25-27-29-31-41-78(86)98-68-73(101-79(87)42-32-30-28-26-24-22-20-18-16-14-12-10-8-6-4-2)69-100-102(88,89)99-52-49-81-76(84)47-50-90-53-55-92-57-59-94-61-63-96-65-66-97-64-62-95-60-58-93-56-54-91-51-48-80-75(83)45-46-77(85)82-67-72-39-34-33-37-70(72)43-44-71-38-35-36-40-74(71)82/h33-40,73H,3-32,41-42,45-69H2,1-2H3,(H,80,83)(H,81,84)(H,88,89)/t73-/m1/s1. The summed E-state index contributed by atoms with van der Waals surface area (Å²) in [6, 6.07) is 15.3. The summed E-state index contributed by atoms with van der Waals surface area (Å²) in [6.45, 7) is 9.82. The van der Waals surface area contributed by atoms with Gasteiger partial charge in [-0.05, 0) is 36.6 Å². The van der Waals surface area contributed by atoms with Gasteiger partial charge < -0.3 is 67.8 Å². The van der Waals surface area contributed by atoms with E-state index in [4.69, 9.17) is 56.4 Å². The smallest absolute Gasteiger partial charge is 0.462 e. The van der Waals surface area contributed by atoms with E-state index in [1.54, 1.807) is 4.90 Å².